The smallest absolute Gasteiger partial charge is 0.300 e. The number of nitrogens with zero attached hydrogens (tertiary/aromatic N) is 1. The quantitative estimate of drug-likeness (QED) is 0.580. The van der Waals surface area contributed by atoms with Crippen LogP contribution in [0.4, 0.5) is 0 Å². The normalized spacial score (nSPS) is 22.0. The summed E-state index contributed by atoms with van der Waals surface area (Å²) >= 11 is 0. The van der Waals surface area contributed by atoms with Crippen molar-refractivity contribution in [1.29, 1.82) is 0 Å². The first-order valence-corrected chi connectivity index (χ1v) is 9.37. The third-order valence-electron chi connectivity index (χ3n) is 4.75. The van der Waals surface area contributed by atoms with E-state index in [0.717, 1.165) is 25.8 Å². The number of phenols is 2. The summed E-state index contributed by atoms with van der Waals surface area (Å²) < 4.78 is 0. The number of aromatic hydroxyl groups is 2. The molecule has 1 aromatic carbocycles. The van der Waals surface area contributed by atoms with Crippen LogP contribution < -0.4 is 0 Å². The van der Waals surface area contributed by atoms with Crippen LogP contribution in [0.5, 0.6) is 11.5 Å². The molecule has 1 aromatic rings. The van der Waals surface area contributed by atoms with Crippen molar-refractivity contribution >= 4 is 11.9 Å². The van der Waals surface area contributed by atoms with Gasteiger partial charge in [-0.3, -0.25) is 14.5 Å². The van der Waals surface area contributed by atoms with Crippen LogP contribution in [0.3, 0.4) is 0 Å². The number of piperidine rings is 1. The standard InChI is InChI=1S/C16H23NO2.2C2H4O2/c18-12-7-8-16(19)14(11-12)13-5-4-6-15(13)17-9-2-1-3-10-17;2*1-2(3)4/h7-8,11,13,15,18-19H,1-6,9-10H2;2*1H3,(H,3,4). The fourth-order valence-electron chi connectivity index (χ4n) is 3.83. The van der Waals surface area contributed by atoms with E-state index < -0.39 is 11.9 Å². The predicted octanol–water partition coefficient (Wildman–Crippen LogP) is 3.40. The van der Waals surface area contributed by atoms with Crippen molar-refractivity contribution in [3.05, 3.63) is 23.8 Å². The molecule has 1 saturated carbocycles. The topological polar surface area (TPSA) is 118 Å². The second kappa shape index (κ2) is 11.4. The van der Waals surface area contributed by atoms with Gasteiger partial charge in [0.25, 0.3) is 11.9 Å². The summed E-state index contributed by atoms with van der Waals surface area (Å²) in [5.74, 6) is -0.686. The number of rotatable bonds is 2. The first-order valence-electron chi connectivity index (χ1n) is 9.37. The van der Waals surface area contributed by atoms with Gasteiger partial charge in [-0.2, -0.15) is 0 Å². The molecule has 2 aliphatic rings. The number of likely N-dealkylation sites (tertiary alicyclic amines) is 1. The molecule has 0 aromatic heterocycles. The first kappa shape index (κ1) is 22.8. The van der Waals surface area contributed by atoms with Crippen LogP contribution in [-0.4, -0.2) is 56.4 Å². The summed E-state index contributed by atoms with van der Waals surface area (Å²) in [7, 11) is 0. The summed E-state index contributed by atoms with van der Waals surface area (Å²) in [4.78, 5) is 20.6. The molecular formula is C20H31NO6. The van der Waals surface area contributed by atoms with E-state index in [1.165, 1.54) is 45.2 Å². The van der Waals surface area contributed by atoms with E-state index in [1.807, 2.05) is 0 Å². The van der Waals surface area contributed by atoms with Crippen molar-refractivity contribution in [2.75, 3.05) is 13.1 Å². The summed E-state index contributed by atoms with van der Waals surface area (Å²) in [5, 5.41) is 34.6. The van der Waals surface area contributed by atoms with Gasteiger partial charge < -0.3 is 20.4 Å². The summed E-state index contributed by atoms with van der Waals surface area (Å²) in [6.45, 7) is 4.56. The summed E-state index contributed by atoms with van der Waals surface area (Å²) in [6, 6.07) is 5.48. The lowest BCUT2D eigenvalue weighted by Gasteiger charge is -2.36. The summed E-state index contributed by atoms with van der Waals surface area (Å²) in [5.41, 5.74) is 0.938. The second-order valence-corrected chi connectivity index (χ2v) is 6.98. The summed E-state index contributed by atoms with van der Waals surface area (Å²) in [6.07, 6.45) is 7.52. The molecule has 2 fully saturated rings. The number of aliphatic carboxylic acids is 2. The van der Waals surface area contributed by atoms with E-state index in [0.29, 0.717) is 17.7 Å². The molecule has 0 bridgehead atoms. The minimum absolute atomic E-state index is 0.261. The lowest BCUT2D eigenvalue weighted by Crippen LogP contribution is -2.40. The Labute approximate surface area is 160 Å². The molecule has 1 saturated heterocycles. The number of carboxylic acid groups (broad SMARTS) is 2. The molecule has 0 amide bonds. The average molecular weight is 381 g/mol. The van der Waals surface area contributed by atoms with E-state index in [1.54, 1.807) is 18.2 Å². The minimum atomic E-state index is -0.833. The van der Waals surface area contributed by atoms with Crippen molar-refractivity contribution in [2.24, 2.45) is 0 Å². The van der Waals surface area contributed by atoms with Crippen LogP contribution in [0, 0.1) is 0 Å². The molecule has 4 N–H and O–H groups in total. The highest BCUT2D eigenvalue weighted by molar-refractivity contribution is 5.63. The lowest BCUT2D eigenvalue weighted by atomic mass is 9.91. The molecule has 27 heavy (non-hydrogen) atoms. The number of hydrogen-bond donors (Lipinski definition) is 4. The van der Waals surface area contributed by atoms with Crippen LogP contribution in [0.2, 0.25) is 0 Å². The van der Waals surface area contributed by atoms with Crippen LogP contribution in [-0.2, 0) is 9.59 Å². The molecule has 7 heteroatoms. The molecule has 0 spiro atoms. The van der Waals surface area contributed by atoms with E-state index >= 15 is 0 Å². The first-order chi connectivity index (χ1) is 12.7. The largest absolute Gasteiger partial charge is 0.508 e. The fraction of sp³-hybridized carbons (Fsp3) is 0.600. The van der Waals surface area contributed by atoms with Crippen LogP contribution in [0.1, 0.15) is 63.9 Å². The molecule has 1 aliphatic carbocycles. The fourth-order valence-corrected chi connectivity index (χ4v) is 3.83. The molecule has 3 rings (SSSR count). The molecule has 152 valence electrons. The van der Waals surface area contributed by atoms with Crippen molar-refractivity contribution in [2.45, 2.75) is 64.3 Å². The Balaban J connectivity index is 0.000000390. The number of hydrogen-bond acceptors (Lipinski definition) is 5. The molecular weight excluding hydrogens is 350 g/mol. The second-order valence-electron chi connectivity index (χ2n) is 6.98. The number of benzene rings is 1. The van der Waals surface area contributed by atoms with Gasteiger partial charge in [0.1, 0.15) is 11.5 Å². The van der Waals surface area contributed by atoms with E-state index in [4.69, 9.17) is 19.8 Å². The Bertz CT molecular complexity index is 592. The third-order valence-corrected chi connectivity index (χ3v) is 4.75. The van der Waals surface area contributed by atoms with Crippen LogP contribution in [0.15, 0.2) is 18.2 Å². The molecule has 2 unspecified atom stereocenters. The van der Waals surface area contributed by atoms with E-state index in [9.17, 15) is 10.2 Å². The molecule has 1 aliphatic heterocycles. The molecule has 1 heterocycles. The number of carboxylic acids is 2. The monoisotopic (exact) mass is 381 g/mol. The Morgan fingerprint density at radius 1 is 0.926 bits per heavy atom. The zero-order valence-electron chi connectivity index (χ0n) is 16.1. The number of phenolic OH excluding ortho intramolecular Hbond substituents is 2. The third kappa shape index (κ3) is 8.30. The van der Waals surface area contributed by atoms with Gasteiger partial charge in [-0.1, -0.05) is 12.8 Å². The maximum absolute atomic E-state index is 10.1. The maximum Gasteiger partial charge on any atom is 0.300 e. The zero-order valence-corrected chi connectivity index (χ0v) is 16.1. The van der Waals surface area contributed by atoms with Gasteiger partial charge in [0.15, 0.2) is 0 Å². The van der Waals surface area contributed by atoms with Gasteiger partial charge in [-0.05, 0) is 57.0 Å². The highest BCUT2D eigenvalue weighted by atomic mass is 16.4. The van der Waals surface area contributed by atoms with E-state index in [-0.39, 0.29) is 5.75 Å². The van der Waals surface area contributed by atoms with Crippen molar-refractivity contribution in [1.82, 2.24) is 4.90 Å². The SMILES string of the molecule is CC(=O)O.CC(=O)O.Oc1ccc(O)c(C2CCCC2N2CCCCC2)c1. The molecule has 2 atom stereocenters. The van der Waals surface area contributed by atoms with Crippen molar-refractivity contribution < 1.29 is 30.0 Å². The Hall–Kier alpha value is -2.28. The molecule has 0 radical (unpaired) electrons. The van der Waals surface area contributed by atoms with E-state index in [2.05, 4.69) is 4.90 Å². The predicted molar refractivity (Wildman–Crippen MR) is 102 cm³/mol. The Kier molecular flexibility index (Phi) is 9.64. The Morgan fingerprint density at radius 3 is 2.04 bits per heavy atom. The minimum Gasteiger partial charge on any atom is -0.508 e. The van der Waals surface area contributed by atoms with Gasteiger partial charge >= 0.3 is 0 Å². The highest BCUT2D eigenvalue weighted by Crippen LogP contribution is 2.42. The lowest BCUT2D eigenvalue weighted by molar-refractivity contribution is -0.135. The van der Waals surface area contributed by atoms with Gasteiger partial charge in [-0.15, -0.1) is 0 Å². The van der Waals surface area contributed by atoms with Gasteiger partial charge in [0.05, 0.1) is 0 Å². The maximum atomic E-state index is 10.1. The van der Waals surface area contributed by atoms with Crippen molar-refractivity contribution in [3.8, 4) is 11.5 Å². The van der Waals surface area contributed by atoms with Crippen LogP contribution >= 0.6 is 0 Å². The van der Waals surface area contributed by atoms with Crippen LogP contribution in [0.25, 0.3) is 0 Å². The van der Waals surface area contributed by atoms with Crippen molar-refractivity contribution in [3.63, 3.8) is 0 Å². The highest BCUT2D eigenvalue weighted by Gasteiger charge is 2.34. The molecule has 7 nitrogen and oxygen atoms in total. The van der Waals surface area contributed by atoms with Gasteiger partial charge in [-0.25, -0.2) is 0 Å². The Morgan fingerprint density at radius 2 is 1.48 bits per heavy atom. The van der Waals surface area contributed by atoms with Gasteiger partial charge in [0, 0.05) is 31.4 Å². The number of carbonyl (C=O) groups is 2. The zero-order chi connectivity index (χ0) is 20.4. The van der Waals surface area contributed by atoms with Gasteiger partial charge in [0.2, 0.25) is 0 Å². The average Bonchev–Trinajstić information content (AvgIpc) is 3.06.